The van der Waals surface area contributed by atoms with Crippen LogP contribution in [0.15, 0.2) is 18.2 Å². The molecule has 1 aromatic carbocycles. The monoisotopic (exact) mass is 268 g/mol. The number of likely N-dealkylation sites (tertiary alicyclic amines) is 1. The lowest BCUT2D eigenvalue weighted by Crippen LogP contribution is -2.36. The molecule has 3 rings (SSSR count). The van der Waals surface area contributed by atoms with Gasteiger partial charge in [-0.1, -0.05) is 0 Å². The third kappa shape index (κ3) is 1.68. The Morgan fingerprint density at radius 2 is 2.22 bits per heavy atom. The maximum atomic E-state index is 12.2. The topological polar surface area (TPSA) is 41.6 Å². The number of halogens is 1. The van der Waals surface area contributed by atoms with Crippen molar-refractivity contribution in [2.24, 2.45) is 0 Å². The summed E-state index contributed by atoms with van der Waals surface area (Å²) in [5, 5.41) is 2.98. The zero-order valence-corrected chi connectivity index (χ0v) is 11.3. The van der Waals surface area contributed by atoms with Crippen molar-refractivity contribution in [3.05, 3.63) is 23.8 Å². The highest BCUT2D eigenvalue weighted by atomic mass is 35.5. The molecule has 1 fully saturated rings. The first-order valence-corrected chi connectivity index (χ1v) is 5.84. The van der Waals surface area contributed by atoms with Gasteiger partial charge < -0.3 is 15.0 Å². The van der Waals surface area contributed by atoms with E-state index < -0.39 is 0 Å². The summed E-state index contributed by atoms with van der Waals surface area (Å²) in [5.74, 6) is 0.944. The van der Waals surface area contributed by atoms with Crippen LogP contribution >= 0.6 is 12.4 Å². The lowest BCUT2D eigenvalue weighted by atomic mass is 9.81. The first kappa shape index (κ1) is 13.2. The van der Waals surface area contributed by atoms with Gasteiger partial charge in [-0.3, -0.25) is 4.79 Å². The van der Waals surface area contributed by atoms with Crippen LogP contribution in [0, 0.1) is 0 Å². The maximum absolute atomic E-state index is 12.2. The number of nitrogens with one attached hydrogen (secondary N) is 1. The van der Waals surface area contributed by atoms with Gasteiger partial charge in [-0.15, -0.1) is 12.4 Å². The molecule has 0 radical (unpaired) electrons. The number of methoxy groups -OCH3 is 1. The van der Waals surface area contributed by atoms with Crippen LogP contribution in [-0.4, -0.2) is 38.1 Å². The highest BCUT2D eigenvalue weighted by Gasteiger charge is 2.50. The summed E-state index contributed by atoms with van der Waals surface area (Å²) in [6, 6.07) is 5.81. The van der Waals surface area contributed by atoms with Crippen molar-refractivity contribution in [1.29, 1.82) is 0 Å². The standard InChI is InChI=1S/C13H16N2O2.ClH/c1-15-6-5-13(8-15)10-7-9(17-2)3-4-11(10)14-12(13)16;/h3-4,7H,5-6,8H2,1-2H3,(H,14,16);1H/t13-;/m1./s1. The summed E-state index contributed by atoms with van der Waals surface area (Å²) < 4.78 is 5.25. The van der Waals surface area contributed by atoms with E-state index in [0.717, 1.165) is 36.5 Å². The number of likely N-dealkylation sites (N-methyl/N-ethyl adjacent to an activating group) is 1. The Bertz CT molecular complexity index is 492. The molecule has 0 aromatic heterocycles. The molecule has 2 heterocycles. The zero-order chi connectivity index (χ0) is 12.0. The van der Waals surface area contributed by atoms with Crippen molar-refractivity contribution < 1.29 is 9.53 Å². The molecular formula is C13H17ClN2O2. The number of ether oxygens (including phenoxy) is 1. The Labute approximate surface area is 113 Å². The van der Waals surface area contributed by atoms with Gasteiger partial charge in [-0.25, -0.2) is 0 Å². The molecule has 1 spiro atoms. The summed E-state index contributed by atoms with van der Waals surface area (Å²) in [6.45, 7) is 1.75. The molecule has 0 unspecified atom stereocenters. The van der Waals surface area contributed by atoms with Gasteiger partial charge in [0, 0.05) is 12.2 Å². The van der Waals surface area contributed by atoms with Gasteiger partial charge >= 0.3 is 0 Å². The van der Waals surface area contributed by atoms with Crippen LogP contribution in [0.25, 0.3) is 0 Å². The smallest absolute Gasteiger partial charge is 0.236 e. The molecule has 98 valence electrons. The van der Waals surface area contributed by atoms with E-state index in [-0.39, 0.29) is 23.7 Å². The molecular weight excluding hydrogens is 252 g/mol. The molecule has 0 aliphatic carbocycles. The van der Waals surface area contributed by atoms with Crippen LogP contribution in [0.5, 0.6) is 5.75 Å². The molecule has 1 N–H and O–H groups in total. The second-order valence-electron chi connectivity index (χ2n) is 4.94. The first-order chi connectivity index (χ1) is 8.15. The molecule has 5 heteroatoms. The highest BCUT2D eigenvalue weighted by Crippen LogP contribution is 2.45. The molecule has 1 amide bonds. The van der Waals surface area contributed by atoms with Crippen molar-refractivity contribution >= 4 is 24.0 Å². The fourth-order valence-corrected chi connectivity index (χ4v) is 2.93. The highest BCUT2D eigenvalue weighted by molar-refractivity contribution is 6.06. The number of anilines is 1. The molecule has 1 atom stereocenters. The van der Waals surface area contributed by atoms with Gasteiger partial charge in [0.2, 0.25) is 5.91 Å². The average molecular weight is 269 g/mol. The molecule has 18 heavy (non-hydrogen) atoms. The molecule has 1 aromatic rings. The fourth-order valence-electron chi connectivity index (χ4n) is 2.93. The van der Waals surface area contributed by atoms with E-state index in [1.807, 2.05) is 18.2 Å². The predicted octanol–water partition coefficient (Wildman–Crippen LogP) is 1.64. The fraction of sp³-hybridized carbons (Fsp3) is 0.462. The molecule has 0 bridgehead atoms. The lowest BCUT2D eigenvalue weighted by molar-refractivity contribution is -0.120. The van der Waals surface area contributed by atoms with Gasteiger partial charge in [0.15, 0.2) is 0 Å². The lowest BCUT2D eigenvalue weighted by Gasteiger charge is -2.21. The van der Waals surface area contributed by atoms with Crippen LogP contribution in [0.1, 0.15) is 12.0 Å². The SMILES string of the molecule is COc1ccc2c(c1)[C@]1(CCN(C)C1)C(=O)N2.Cl. The number of carbonyl (C=O) groups is 1. The number of rotatable bonds is 1. The number of benzene rings is 1. The van der Waals surface area contributed by atoms with Crippen molar-refractivity contribution in [2.75, 3.05) is 32.6 Å². The van der Waals surface area contributed by atoms with Crippen molar-refractivity contribution in [3.8, 4) is 5.75 Å². The minimum atomic E-state index is -0.362. The van der Waals surface area contributed by atoms with E-state index in [1.165, 1.54) is 0 Å². The molecule has 1 saturated heterocycles. The van der Waals surface area contributed by atoms with Crippen LogP contribution in [0.4, 0.5) is 5.69 Å². The average Bonchev–Trinajstić information content (AvgIpc) is 2.83. The predicted molar refractivity (Wildman–Crippen MR) is 72.7 cm³/mol. The molecule has 2 aliphatic heterocycles. The Kier molecular flexibility index (Phi) is 3.25. The van der Waals surface area contributed by atoms with Crippen LogP contribution < -0.4 is 10.1 Å². The minimum Gasteiger partial charge on any atom is -0.497 e. The first-order valence-electron chi connectivity index (χ1n) is 5.84. The largest absolute Gasteiger partial charge is 0.497 e. The quantitative estimate of drug-likeness (QED) is 0.842. The normalized spacial score (nSPS) is 25.8. The Morgan fingerprint density at radius 3 is 2.83 bits per heavy atom. The van der Waals surface area contributed by atoms with Crippen LogP contribution in [-0.2, 0) is 10.2 Å². The summed E-state index contributed by atoms with van der Waals surface area (Å²) >= 11 is 0. The van der Waals surface area contributed by atoms with E-state index in [9.17, 15) is 4.79 Å². The zero-order valence-electron chi connectivity index (χ0n) is 10.5. The number of carbonyl (C=O) groups excluding carboxylic acids is 1. The number of amides is 1. The molecule has 0 saturated carbocycles. The number of fused-ring (bicyclic) bond motifs is 2. The van der Waals surface area contributed by atoms with E-state index in [0.29, 0.717) is 0 Å². The summed E-state index contributed by atoms with van der Waals surface area (Å²) in [6.07, 6.45) is 0.884. The van der Waals surface area contributed by atoms with E-state index in [4.69, 9.17) is 4.74 Å². The van der Waals surface area contributed by atoms with E-state index in [1.54, 1.807) is 7.11 Å². The van der Waals surface area contributed by atoms with Crippen LogP contribution in [0.2, 0.25) is 0 Å². The summed E-state index contributed by atoms with van der Waals surface area (Å²) in [7, 11) is 3.71. The number of hydrogen-bond donors (Lipinski definition) is 1. The minimum absolute atomic E-state index is 0. The van der Waals surface area contributed by atoms with Gasteiger partial charge in [0.05, 0.1) is 12.5 Å². The van der Waals surface area contributed by atoms with Crippen molar-refractivity contribution in [3.63, 3.8) is 0 Å². The number of nitrogens with zero attached hydrogens (tertiary/aromatic N) is 1. The van der Waals surface area contributed by atoms with Crippen LogP contribution in [0.3, 0.4) is 0 Å². The Morgan fingerprint density at radius 1 is 1.44 bits per heavy atom. The maximum Gasteiger partial charge on any atom is 0.236 e. The van der Waals surface area contributed by atoms with Crippen molar-refractivity contribution in [1.82, 2.24) is 4.90 Å². The summed E-state index contributed by atoms with van der Waals surface area (Å²) in [5.41, 5.74) is 1.66. The summed E-state index contributed by atoms with van der Waals surface area (Å²) in [4.78, 5) is 14.4. The second-order valence-corrected chi connectivity index (χ2v) is 4.94. The molecule has 2 aliphatic rings. The Hall–Kier alpha value is -1.26. The van der Waals surface area contributed by atoms with E-state index in [2.05, 4.69) is 17.3 Å². The third-order valence-corrected chi connectivity index (χ3v) is 3.89. The van der Waals surface area contributed by atoms with Gasteiger partial charge in [0.1, 0.15) is 5.75 Å². The third-order valence-electron chi connectivity index (χ3n) is 3.89. The van der Waals surface area contributed by atoms with E-state index >= 15 is 0 Å². The number of hydrogen-bond acceptors (Lipinski definition) is 3. The van der Waals surface area contributed by atoms with Gasteiger partial charge in [-0.2, -0.15) is 0 Å². The molecule has 4 nitrogen and oxygen atoms in total. The van der Waals surface area contributed by atoms with Gasteiger partial charge in [-0.05, 0) is 43.8 Å². The second kappa shape index (κ2) is 4.44. The Balaban J connectivity index is 0.00000120. The van der Waals surface area contributed by atoms with Gasteiger partial charge in [0.25, 0.3) is 0 Å². The van der Waals surface area contributed by atoms with Crippen molar-refractivity contribution in [2.45, 2.75) is 11.8 Å².